The van der Waals surface area contributed by atoms with E-state index in [1.807, 2.05) is 0 Å². The Hall–Kier alpha value is -1.10. The number of hydrogen-bond donors (Lipinski definition) is 1. The third-order valence-corrected chi connectivity index (χ3v) is 4.89. The highest BCUT2D eigenvalue weighted by Gasteiger charge is 2.45. The summed E-state index contributed by atoms with van der Waals surface area (Å²) in [6.07, 6.45) is 6.25. The van der Waals surface area contributed by atoms with Crippen LogP contribution in [-0.4, -0.2) is 47.7 Å². The molecular weight excluding hydrogens is 258 g/mol. The number of carbonyl (C=O) groups excluding carboxylic acids is 1. The van der Waals surface area contributed by atoms with Crippen LogP contribution >= 0.6 is 0 Å². The van der Waals surface area contributed by atoms with Gasteiger partial charge in [-0.1, -0.05) is 19.3 Å². The van der Waals surface area contributed by atoms with Gasteiger partial charge in [0.2, 0.25) is 5.91 Å². The van der Waals surface area contributed by atoms with Crippen molar-refractivity contribution in [3.05, 3.63) is 0 Å². The van der Waals surface area contributed by atoms with E-state index in [1.165, 1.54) is 4.90 Å². The molecule has 2 rings (SSSR count). The van der Waals surface area contributed by atoms with E-state index >= 15 is 0 Å². The number of amides is 1. The van der Waals surface area contributed by atoms with E-state index < -0.39 is 11.5 Å². The Labute approximate surface area is 120 Å². The van der Waals surface area contributed by atoms with E-state index in [1.54, 1.807) is 7.05 Å². The van der Waals surface area contributed by atoms with Crippen LogP contribution in [0.3, 0.4) is 0 Å². The molecule has 0 aromatic rings. The number of carbonyl (C=O) groups is 2. The molecule has 1 amide bonds. The number of likely N-dealkylation sites (N-methyl/N-ethyl adjacent to an activating group) is 1. The third-order valence-electron chi connectivity index (χ3n) is 4.89. The molecule has 5 heteroatoms. The van der Waals surface area contributed by atoms with E-state index in [2.05, 4.69) is 0 Å². The molecule has 0 bridgehead atoms. The Morgan fingerprint density at radius 2 is 2.00 bits per heavy atom. The first-order chi connectivity index (χ1) is 9.56. The Bertz CT molecular complexity index is 357. The van der Waals surface area contributed by atoms with Crippen LogP contribution in [0.25, 0.3) is 0 Å². The summed E-state index contributed by atoms with van der Waals surface area (Å²) in [6, 6.07) is 0. The quantitative estimate of drug-likeness (QED) is 0.838. The van der Waals surface area contributed by atoms with Gasteiger partial charge >= 0.3 is 5.97 Å². The number of nitrogens with zero attached hydrogens (tertiary/aromatic N) is 1. The molecular formula is C15H25NO4. The Kier molecular flexibility index (Phi) is 5.02. The smallest absolute Gasteiger partial charge is 0.329 e. The fourth-order valence-corrected chi connectivity index (χ4v) is 3.37. The maximum absolute atomic E-state index is 12.3. The predicted molar refractivity (Wildman–Crippen MR) is 74.4 cm³/mol. The van der Waals surface area contributed by atoms with Crippen LogP contribution in [0.5, 0.6) is 0 Å². The Morgan fingerprint density at radius 1 is 1.30 bits per heavy atom. The van der Waals surface area contributed by atoms with Crippen molar-refractivity contribution in [2.24, 2.45) is 5.92 Å². The normalized spacial score (nSPS) is 25.4. The highest BCUT2D eigenvalue weighted by molar-refractivity contribution is 5.87. The van der Waals surface area contributed by atoms with Crippen molar-refractivity contribution < 1.29 is 19.4 Å². The average Bonchev–Trinajstić information content (AvgIpc) is 2.97. The van der Waals surface area contributed by atoms with Gasteiger partial charge in [0.05, 0.1) is 0 Å². The highest BCUT2D eigenvalue weighted by atomic mass is 16.5. The molecule has 0 aromatic carbocycles. The molecule has 2 fully saturated rings. The van der Waals surface area contributed by atoms with Gasteiger partial charge in [-0.3, -0.25) is 4.79 Å². The molecule has 1 aliphatic heterocycles. The van der Waals surface area contributed by atoms with E-state index in [-0.39, 0.29) is 5.91 Å². The van der Waals surface area contributed by atoms with Gasteiger partial charge in [0.25, 0.3) is 0 Å². The predicted octanol–water partition coefficient (Wildman–Crippen LogP) is 2.05. The minimum absolute atomic E-state index is 0.0406. The number of carboxylic acid groups (broad SMARTS) is 1. The van der Waals surface area contributed by atoms with E-state index in [9.17, 15) is 14.7 Å². The third kappa shape index (κ3) is 3.14. The molecule has 1 aliphatic carbocycles. The summed E-state index contributed by atoms with van der Waals surface area (Å²) >= 11 is 0. The first-order valence-corrected chi connectivity index (χ1v) is 7.64. The molecule has 114 valence electrons. The lowest BCUT2D eigenvalue weighted by atomic mass is 9.80. The fourth-order valence-electron chi connectivity index (χ4n) is 3.37. The van der Waals surface area contributed by atoms with Crippen LogP contribution in [0.15, 0.2) is 0 Å². The van der Waals surface area contributed by atoms with Crippen molar-refractivity contribution in [3.8, 4) is 0 Å². The zero-order chi connectivity index (χ0) is 14.6. The molecule has 1 saturated heterocycles. The lowest BCUT2D eigenvalue weighted by Gasteiger charge is -2.41. The van der Waals surface area contributed by atoms with Gasteiger partial charge < -0.3 is 14.7 Å². The minimum Gasteiger partial charge on any atom is -0.479 e. The van der Waals surface area contributed by atoms with E-state index in [4.69, 9.17) is 4.74 Å². The van der Waals surface area contributed by atoms with Crippen molar-refractivity contribution in [2.75, 3.05) is 20.3 Å². The van der Waals surface area contributed by atoms with Crippen LogP contribution in [0.1, 0.15) is 51.4 Å². The SMILES string of the molecule is CN(C(=O)CCC1CCOC1)C1(C(=O)O)CCCCC1. The van der Waals surface area contributed by atoms with Crippen molar-refractivity contribution in [1.82, 2.24) is 4.90 Å². The van der Waals surface area contributed by atoms with Crippen LogP contribution < -0.4 is 0 Å². The van der Waals surface area contributed by atoms with E-state index in [0.717, 1.165) is 45.3 Å². The lowest BCUT2D eigenvalue weighted by Crippen LogP contribution is -2.56. The topological polar surface area (TPSA) is 66.8 Å². The standard InChI is InChI=1S/C15H25NO4/c1-16(13(17)6-5-12-7-10-20-11-12)15(14(18)19)8-3-2-4-9-15/h12H,2-11H2,1H3,(H,18,19). The number of rotatable bonds is 5. The van der Waals surface area contributed by atoms with E-state index in [0.29, 0.717) is 25.2 Å². The first kappa shape index (κ1) is 15.3. The van der Waals surface area contributed by atoms with Crippen LogP contribution in [0, 0.1) is 5.92 Å². The summed E-state index contributed by atoms with van der Waals surface area (Å²) < 4.78 is 5.31. The molecule has 20 heavy (non-hydrogen) atoms. The molecule has 1 unspecified atom stereocenters. The second-order valence-corrected chi connectivity index (χ2v) is 6.12. The maximum Gasteiger partial charge on any atom is 0.329 e. The molecule has 1 N–H and O–H groups in total. The zero-order valence-electron chi connectivity index (χ0n) is 12.3. The second kappa shape index (κ2) is 6.57. The van der Waals surface area contributed by atoms with Gasteiger partial charge in [-0.25, -0.2) is 4.79 Å². The molecule has 1 heterocycles. The van der Waals surface area contributed by atoms with Crippen molar-refractivity contribution in [3.63, 3.8) is 0 Å². The summed E-state index contributed by atoms with van der Waals surface area (Å²) in [6.45, 7) is 1.52. The van der Waals surface area contributed by atoms with Crippen molar-refractivity contribution in [2.45, 2.75) is 56.9 Å². The number of ether oxygens (including phenoxy) is 1. The monoisotopic (exact) mass is 283 g/mol. The number of carboxylic acids is 1. The summed E-state index contributed by atoms with van der Waals surface area (Å²) in [5.74, 6) is -0.432. The molecule has 2 aliphatic rings. The largest absolute Gasteiger partial charge is 0.479 e. The molecule has 1 saturated carbocycles. The summed E-state index contributed by atoms with van der Waals surface area (Å²) in [4.78, 5) is 25.5. The first-order valence-electron chi connectivity index (χ1n) is 7.64. The molecule has 0 spiro atoms. The van der Waals surface area contributed by atoms with Gasteiger partial charge in [-0.05, 0) is 31.6 Å². The van der Waals surface area contributed by atoms with Gasteiger partial charge in [-0.2, -0.15) is 0 Å². The van der Waals surface area contributed by atoms with Crippen LogP contribution in [0.4, 0.5) is 0 Å². The van der Waals surface area contributed by atoms with Crippen molar-refractivity contribution >= 4 is 11.9 Å². The Morgan fingerprint density at radius 3 is 2.55 bits per heavy atom. The van der Waals surface area contributed by atoms with Crippen LogP contribution in [-0.2, 0) is 14.3 Å². The van der Waals surface area contributed by atoms with Gasteiger partial charge in [0.1, 0.15) is 5.54 Å². The molecule has 5 nitrogen and oxygen atoms in total. The Balaban J connectivity index is 1.94. The summed E-state index contributed by atoms with van der Waals surface area (Å²) in [7, 11) is 1.66. The van der Waals surface area contributed by atoms with Gasteiger partial charge in [-0.15, -0.1) is 0 Å². The van der Waals surface area contributed by atoms with Crippen LogP contribution in [0.2, 0.25) is 0 Å². The summed E-state index contributed by atoms with van der Waals surface area (Å²) in [5.41, 5.74) is -0.971. The highest BCUT2D eigenvalue weighted by Crippen LogP contribution is 2.34. The molecule has 0 radical (unpaired) electrons. The summed E-state index contributed by atoms with van der Waals surface area (Å²) in [5, 5.41) is 9.57. The number of hydrogen-bond acceptors (Lipinski definition) is 3. The second-order valence-electron chi connectivity index (χ2n) is 6.12. The zero-order valence-corrected chi connectivity index (χ0v) is 12.3. The number of aliphatic carboxylic acids is 1. The van der Waals surface area contributed by atoms with Gasteiger partial charge in [0.15, 0.2) is 0 Å². The molecule has 0 aromatic heterocycles. The molecule has 1 atom stereocenters. The average molecular weight is 283 g/mol. The minimum atomic E-state index is -0.971. The maximum atomic E-state index is 12.3. The fraction of sp³-hybridized carbons (Fsp3) is 0.867. The van der Waals surface area contributed by atoms with Gasteiger partial charge in [0, 0.05) is 26.7 Å². The van der Waals surface area contributed by atoms with Crippen molar-refractivity contribution in [1.29, 1.82) is 0 Å². The lowest BCUT2D eigenvalue weighted by molar-refractivity contribution is -0.160.